The maximum Gasteiger partial charge on any atom is 0.257 e. The van der Waals surface area contributed by atoms with Crippen molar-refractivity contribution in [1.82, 2.24) is 5.32 Å². The quantitative estimate of drug-likeness (QED) is 0.576. The Bertz CT molecular complexity index is 822. The lowest BCUT2D eigenvalue weighted by Gasteiger charge is -2.11. The molecule has 0 atom stereocenters. The number of benzene rings is 2. The predicted octanol–water partition coefficient (Wildman–Crippen LogP) is 4.34. The molecule has 0 heterocycles. The van der Waals surface area contributed by atoms with E-state index in [2.05, 4.69) is 16.0 Å². The second kappa shape index (κ2) is 11.0. The normalized spacial score (nSPS) is 10.1. The summed E-state index contributed by atoms with van der Waals surface area (Å²) >= 11 is 5.21. The highest BCUT2D eigenvalue weighted by Crippen LogP contribution is 2.15. The van der Waals surface area contributed by atoms with Gasteiger partial charge in [0.2, 0.25) is 5.91 Å². The minimum absolute atomic E-state index is 0.0175. The molecule has 0 fully saturated rings. The van der Waals surface area contributed by atoms with Gasteiger partial charge in [-0.15, -0.1) is 0 Å². The number of carbonyl (C=O) groups excluding carboxylic acids is 2. The highest BCUT2D eigenvalue weighted by Gasteiger charge is 2.09. The molecule has 0 bridgehead atoms. The van der Waals surface area contributed by atoms with Crippen molar-refractivity contribution in [2.24, 2.45) is 0 Å². The third-order valence-electron chi connectivity index (χ3n) is 3.70. The van der Waals surface area contributed by atoms with Gasteiger partial charge in [-0.05, 0) is 67.5 Å². The van der Waals surface area contributed by atoms with Crippen LogP contribution < -0.4 is 20.7 Å². The van der Waals surface area contributed by atoms with Crippen molar-refractivity contribution in [3.8, 4) is 5.75 Å². The number of thiocarbonyl (C=S) groups is 1. The van der Waals surface area contributed by atoms with Crippen LogP contribution in [0.2, 0.25) is 0 Å². The number of ether oxygens (including phenoxy) is 1. The highest BCUT2D eigenvalue weighted by atomic mass is 32.1. The lowest BCUT2D eigenvalue weighted by atomic mass is 10.2. The molecule has 0 aliphatic carbocycles. The molecule has 2 rings (SSSR count). The van der Waals surface area contributed by atoms with E-state index in [1.807, 2.05) is 19.9 Å². The van der Waals surface area contributed by atoms with Crippen LogP contribution in [0.25, 0.3) is 0 Å². The summed E-state index contributed by atoms with van der Waals surface area (Å²) in [7, 11) is 0. The molecule has 3 N–H and O–H groups in total. The van der Waals surface area contributed by atoms with Crippen LogP contribution in [0, 0.1) is 0 Å². The van der Waals surface area contributed by atoms with Gasteiger partial charge in [0.15, 0.2) is 5.11 Å². The van der Waals surface area contributed by atoms with E-state index in [4.69, 9.17) is 17.0 Å². The summed E-state index contributed by atoms with van der Waals surface area (Å²) in [6, 6.07) is 14.1. The Labute approximate surface area is 170 Å². The van der Waals surface area contributed by atoms with Gasteiger partial charge in [0.05, 0.1) is 6.61 Å². The molecule has 0 saturated carbocycles. The van der Waals surface area contributed by atoms with Crippen molar-refractivity contribution in [1.29, 1.82) is 0 Å². The van der Waals surface area contributed by atoms with Crippen LogP contribution in [-0.2, 0) is 4.79 Å². The molecule has 0 spiro atoms. The summed E-state index contributed by atoms with van der Waals surface area (Å²) in [5.41, 5.74) is 1.88. The summed E-state index contributed by atoms with van der Waals surface area (Å²) in [4.78, 5) is 24.0. The largest absolute Gasteiger partial charge is 0.494 e. The van der Waals surface area contributed by atoms with Gasteiger partial charge in [-0.3, -0.25) is 14.9 Å². The van der Waals surface area contributed by atoms with E-state index < -0.39 is 0 Å². The summed E-state index contributed by atoms with van der Waals surface area (Å²) in [6.07, 6.45) is 2.18. The van der Waals surface area contributed by atoms with Crippen LogP contribution in [0.3, 0.4) is 0 Å². The van der Waals surface area contributed by atoms with E-state index in [0.29, 0.717) is 35.7 Å². The van der Waals surface area contributed by atoms with Crippen LogP contribution in [0.4, 0.5) is 11.4 Å². The Morgan fingerprint density at radius 3 is 2.29 bits per heavy atom. The molecule has 2 amide bonds. The minimum Gasteiger partial charge on any atom is -0.494 e. The van der Waals surface area contributed by atoms with Crippen LogP contribution >= 0.6 is 12.2 Å². The van der Waals surface area contributed by atoms with Gasteiger partial charge in [0.1, 0.15) is 5.75 Å². The van der Waals surface area contributed by atoms with Gasteiger partial charge >= 0.3 is 0 Å². The van der Waals surface area contributed by atoms with Crippen molar-refractivity contribution in [2.45, 2.75) is 33.1 Å². The Hall–Kier alpha value is -2.93. The second-order valence-corrected chi connectivity index (χ2v) is 6.57. The lowest BCUT2D eigenvalue weighted by Crippen LogP contribution is -2.34. The number of amides is 2. The average Bonchev–Trinajstić information content (AvgIpc) is 2.68. The van der Waals surface area contributed by atoms with E-state index in [0.717, 1.165) is 12.8 Å². The molecule has 0 aliphatic heterocycles. The summed E-state index contributed by atoms with van der Waals surface area (Å²) in [5, 5.41) is 8.60. The van der Waals surface area contributed by atoms with E-state index in [1.165, 1.54) is 0 Å². The molecule has 2 aromatic carbocycles. The molecule has 0 saturated heterocycles. The molecule has 0 radical (unpaired) electrons. The fraction of sp³-hybridized carbons (Fsp3) is 0.286. The standard InChI is InChI=1S/C21H25N3O3S/c1-3-6-19(25)22-16-9-11-17(12-10-16)23-21(28)24-20(26)15-7-5-8-18(14-15)27-13-4-2/h5,7-12,14H,3-4,6,13H2,1-2H3,(H,22,25)(H2,23,24,26,28). The van der Waals surface area contributed by atoms with Gasteiger partial charge < -0.3 is 15.4 Å². The molecule has 0 unspecified atom stereocenters. The van der Waals surface area contributed by atoms with Crippen LogP contribution in [0.1, 0.15) is 43.5 Å². The number of nitrogens with one attached hydrogen (secondary N) is 3. The zero-order valence-electron chi connectivity index (χ0n) is 16.1. The Kier molecular flexibility index (Phi) is 8.42. The van der Waals surface area contributed by atoms with Gasteiger partial charge in [0.25, 0.3) is 5.91 Å². The van der Waals surface area contributed by atoms with Crippen LogP contribution in [-0.4, -0.2) is 23.5 Å². The predicted molar refractivity (Wildman–Crippen MR) is 116 cm³/mol. The zero-order valence-corrected chi connectivity index (χ0v) is 16.9. The number of anilines is 2. The van der Waals surface area contributed by atoms with E-state index in [1.54, 1.807) is 42.5 Å². The van der Waals surface area contributed by atoms with Crippen molar-refractivity contribution >= 4 is 40.5 Å². The summed E-state index contributed by atoms with van der Waals surface area (Å²) in [5.74, 6) is 0.313. The zero-order chi connectivity index (χ0) is 20.4. The summed E-state index contributed by atoms with van der Waals surface area (Å²) in [6.45, 7) is 4.57. The van der Waals surface area contributed by atoms with E-state index in [9.17, 15) is 9.59 Å². The fourth-order valence-electron chi connectivity index (χ4n) is 2.37. The fourth-order valence-corrected chi connectivity index (χ4v) is 2.58. The highest BCUT2D eigenvalue weighted by molar-refractivity contribution is 7.80. The van der Waals surface area contributed by atoms with E-state index >= 15 is 0 Å². The van der Waals surface area contributed by atoms with Crippen molar-refractivity contribution < 1.29 is 14.3 Å². The number of rotatable bonds is 8. The average molecular weight is 400 g/mol. The number of carbonyl (C=O) groups is 2. The van der Waals surface area contributed by atoms with Gasteiger partial charge in [-0.2, -0.15) is 0 Å². The maximum absolute atomic E-state index is 12.4. The van der Waals surface area contributed by atoms with Gasteiger partial charge in [0, 0.05) is 23.4 Å². The molecule has 2 aromatic rings. The monoisotopic (exact) mass is 399 g/mol. The molecule has 6 nitrogen and oxygen atoms in total. The van der Waals surface area contributed by atoms with Crippen LogP contribution in [0.5, 0.6) is 5.75 Å². The Morgan fingerprint density at radius 2 is 1.64 bits per heavy atom. The lowest BCUT2D eigenvalue weighted by molar-refractivity contribution is -0.116. The first-order chi connectivity index (χ1) is 13.5. The maximum atomic E-state index is 12.4. The third kappa shape index (κ3) is 7.00. The molecular weight excluding hydrogens is 374 g/mol. The van der Waals surface area contributed by atoms with Gasteiger partial charge in [-0.1, -0.05) is 19.9 Å². The Balaban J connectivity index is 1.89. The smallest absolute Gasteiger partial charge is 0.257 e. The molecule has 28 heavy (non-hydrogen) atoms. The molecular formula is C21H25N3O3S. The molecule has 0 aliphatic rings. The minimum atomic E-state index is -0.317. The van der Waals surface area contributed by atoms with Gasteiger partial charge in [-0.25, -0.2) is 0 Å². The summed E-state index contributed by atoms with van der Waals surface area (Å²) < 4.78 is 5.54. The Morgan fingerprint density at radius 1 is 0.964 bits per heavy atom. The van der Waals surface area contributed by atoms with E-state index in [-0.39, 0.29) is 16.9 Å². The molecule has 148 valence electrons. The SMILES string of the molecule is CCCOc1cccc(C(=O)NC(=S)Nc2ccc(NC(=O)CCC)cc2)c1. The topological polar surface area (TPSA) is 79.5 Å². The van der Waals surface area contributed by atoms with Crippen LogP contribution in [0.15, 0.2) is 48.5 Å². The first kappa shape index (κ1) is 21.4. The van der Waals surface area contributed by atoms with Crippen molar-refractivity contribution in [2.75, 3.05) is 17.2 Å². The second-order valence-electron chi connectivity index (χ2n) is 6.16. The third-order valence-corrected chi connectivity index (χ3v) is 3.90. The van der Waals surface area contributed by atoms with Crippen molar-refractivity contribution in [3.63, 3.8) is 0 Å². The van der Waals surface area contributed by atoms with Crippen molar-refractivity contribution in [3.05, 3.63) is 54.1 Å². The number of hydrogen-bond acceptors (Lipinski definition) is 4. The first-order valence-electron chi connectivity index (χ1n) is 9.27. The number of hydrogen-bond donors (Lipinski definition) is 3. The first-order valence-corrected chi connectivity index (χ1v) is 9.67. The molecule has 0 aromatic heterocycles. The molecule has 7 heteroatoms.